The minimum absolute atomic E-state index is 0.00976. The Hall–Kier alpha value is -5.10. The number of nitrogens with one attached hydrogen (secondary N) is 1. The van der Waals surface area contributed by atoms with Crippen molar-refractivity contribution in [3.63, 3.8) is 0 Å². The minimum atomic E-state index is -0.509. The van der Waals surface area contributed by atoms with E-state index in [2.05, 4.69) is 34.8 Å². The Morgan fingerprint density at radius 3 is 2.53 bits per heavy atom. The number of nitrogens with zero attached hydrogens (tertiary/aromatic N) is 5. The van der Waals surface area contributed by atoms with Crippen molar-refractivity contribution in [3.8, 4) is 11.1 Å². The van der Waals surface area contributed by atoms with Gasteiger partial charge in [0.2, 0.25) is 0 Å². The third-order valence-corrected chi connectivity index (χ3v) is 10.3. The first-order valence-corrected chi connectivity index (χ1v) is 17.5. The molecule has 6 heterocycles. The third kappa shape index (κ3) is 6.48. The van der Waals surface area contributed by atoms with Gasteiger partial charge < -0.3 is 28.8 Å². The van der Waals surface area contributed by atoms with Crippen molar-refractivity contribution in [3.05, 3.63) is 93.0 Å². The number of rotatable bonds is 7. The molecule has 12 nitrogen and oxygen atoms in total. The van der Waals surface area contributed by atoms with E-state index in [9.17, 15) is 19.2 Å². The van der Waals surface area contributed by atoms with Gasteiger partial charge in [0.15, 0.2) is 5.78 Å². The molecule has 0 bridgehead atoms. The van der Waals surface area contributed by atoms with Gasteiger partial charge in [-0.3, -0.25) is 24.2 Å². The van der Waals surface area contributed by atoms with Crippen LogP contribution in [0.3, 0.4) is 0 Å². The molecule has 0 aromatic carbocycles. The molecule has 3 atom stereocenters. The fourth-order valence-electron chi connectivity index (χ4n) is 7.97. The van der Waals surface area contributed by atoms with E-state index in [0.717, 1.165) is 12.8 Å². The lowest BCUT2D eigenvalue weighted by molar-refractivity contribution is -0.142. The summed E-state index contributed by atoms with van der Waals surface area (Å²) in [6.45, 7) is 11.4. The molecule has 1 amide bonds. The van der Waals surface area contributed by atoms with Gasteiger partial charge in [0.05, 0.1) is 48.2 Å². The second kappa shape index (κ2) is 13.2. The van der Waals surface area contributed by atoms with E-state index in [1.807, 2.05) is 24.8 Å². The number of ketones is 1. The molecule has 1 saturated heterocycles. The lowest BCUT2D eigenvalue weighted by Crippen LogP contribution is -2.52. The monoisotopic (exact) mass is 692 g/mol. The maximum absolute atomic E-state index is 14.1. The van der Waals surface area contributed by atoms with E-state index < -0.39 is 11.9 Å². The summed E-state index contributed by atoms with van der Waals surface area (Å²) in [5.74, 6) is -0.681. The van der Waals surface area contributed by atoms with Crippen LogP contribution in [0, 0.1) is 5.41 Å². The second-order valence-electron chi connectivity index (χ2n) is 14.9. The zero-order valence-electron chi connectivity index (χ0n) is 30.0. The summed E-state index contributed by atoms with van der Waals surface area (Å²) in [5, 5.41) is 3.13. The smallest absolute Gasteiger partial charge is 0.302 e. The lowest BCUT2D eigenvalue weighted by atomic mass is 9.85. The van der Waals surface area contributed by atoms with Gasteiger partial charge in [-0.15, -0.1) is 0 Å². The highest BCUT2D eigenvalue weighted by Crippen LogP contribution is 2.42. The van der Waals surface area contributed by atoms with Crippen LogP contribution in [0.4, 0.5) is 11.5 Å². The van der Waals surface area contributed by atoms with Crippen LogP contribution in [0.1, 0.15) is 90.3 Å². The van der Waals surface area contributed by atoms with Crippen molar-refractivity contribution < 1.29 is 23.9 Å². The van der Waals surface area contributed by atoms with Gasteiger partial charge >= 0.3 is 5.97 Å². The Morgan fingerprint density at radius 2 is 1.82 bits per heavy atom. The molecule has 0 spiro atoms. The number of aryl methyl sites for hydroxylation is 1. The molecule has 12 heteroatoms. The fourth-order valence-corrected chi connectivity index (χ4v) is 7.97. The molecule has 51 heavy (non-hydrogen) atoms. The largest absolute Gasteiger partial charge is 0.461 e. The number of anilines is 2. The fraction of sp³-hybridized carbons (Fsp3) is 0.436. The molecule has 7 rings (SSSR count). The first kappa shape index (κ1) is 34.4. The molecule has 1 unspecified atom stereocenters. The van der Waals surface area contributed by atoms with Crippen molar-refractivity contribution in [2.24, 2.45) is 12.5 Å². The molecule has 3 aliphatic rings. The number of carbonyl (C=O) groups excluding carboxylic acids is 3. The maximum atomic E-state index is 14.1. The number of ether oxygens (including phenoxy) is 2. The average molecular weight is 693 g/mol. The van der Waals surface area contributed by atoms with E-state index >= 15 is 0 Å². The third-order valence-electron chi connectivity index (χ3n) is 10.3. The minimum Gasteiger partial charge on any atom is -0.461 e. The van der Waals surface area contributed by atoms with E-state index in [4.69, 9.17) is 14.5 Å². The van der Waals surface area contributed by atoms with Gasteiger partial charge in [-0.1, -0.05) is 13.8 Å². The van der Waals surface area contributed by atoms with Crippen LogP contribution in [0.25, 0.3) is 11.1 Å². The van der Waals surface area contributed by atoms with Gasteiger partial charge in [-0.05, 0) is 80.0 Å². The highest BCUT2D eigenvalue weighted by atomic mass is 16.5. The average Bonchev–Trinajstić information content (AvgIpc) is 3.58. The van der Waals surface area contributed by atoms with Crippen LogP contribution >= 0.6 is 0 Å². The van der Waals surface area contributed by atoms with Gasteiger partial charge in [0, 0.05) is 55.9 Å². The van der Waals surface area contributed by atoms with Gasteiger partial charge in [0.25, 0.3) is 11.5 Å². The number of fused-ring (bicyclic) bond motifs is 3. The second-order valence-corrected chi connectivity index (χ2v) is 14.9. The Morgan fingerprint density at radius 1 is 1.06 bits per heavy atom. The van der Waals surface area contributed by atoms with Crippen molar-refractivity contribution in [2.45, 2.75) is 85.0 Å². The predicted molar refractivity (Wildman–Crippen MR) is 191 cm³/mol. The van der Waals surface area contributed by atoms with Crippen LogP contribution in [-0.2, 0) is 47.3 Å². The van der Waals surface area contributed by atoms with Crippen LogP contribution in [0.5, 0.6) is 0 Å². The number of amides is 1. The van der Waals surface area contributed by atoms with E-state index in [0.29, 0.717) is 65.6 Å². The molecular weight excluding hydrogens is 648 g/mol. The predicted octanol–water partition coefficient (Wildman–Crippen LogP) is 5.19. The number of Topliss-reactive ketones (excluding diaryl/α,β-unsaturated/α-hetero) is 1. The molecule has 1 aliphatic carbocycles. The van der Waals surface area contributed by atoms with Crippen LogP contribution < -0.4 is 10.9 Å². The molecular formula is C39H44N6O6. The molecule has 1 N–H and O–H groups in total. The summed E-state index contributed by atoms with van der Waals surface area (Å²) in [6, 6.07) is 8.84. The number of carbonyl (C=O) groups is 3. The zero-order valence-corrected chi connectivity index (χ0v) is 30.0. The molecule has 0 radical (unpaired) electrons. The Labute approximate surface area is 296 Å². The normalized spacial score (nSPS) is 20.9. The molecule has 266 valence electrons. The van der Waals surface area contributed by atoms with Crippen molar-refractivity contribution in [1.82, 2.24) is 24.0 Å². The number of hydrogen-bond acceptors (Lipinski definition) is 9. The van der Waals surface area contributed by atoms with Gasteiger partial charge in [0.1, 0.15) is 18.1 Å². The first-order valence-electron chi connectivity index (χ1n) is 17.5. The quantitative estimate of drug-likeness (QED) is 0.259. The summed E-state index contributed by atoms with van der Waals surface area (Å²) in [7, 11) is 1.66. The topological polar surface area (TPSA) is 138 Å². The number of esters is 1. The lowest BCUT2D eigenvalue weighted by Gasteiger charge is -2.38. The van der Waals surface area contributed by atoms with E-state index in [1.165, 1.54) is 28.9 Å². The van der Waals surface area contributed by atoms with Gasteiger partial charge in [-0.2, -0.15) is 0 Å². The highest BCUT2D eigenvalue weighted by Gasteiger charge is 2.39. The molecule has 4 aromatic heterocycles. The van der Waals surface area contributed by atoms with Crippen molar-refractivity contribution in [1.29, 1.82) is 0 Å². The van der Waals surface area contributed by atoms with Crippen molar-refractivity contribution >= 4 is 29.2 Å². The van der Waals surface area contributed by atoms with Gasteiger partial charge in [-0.25, -0.2) is 4.98 Å². The number of morpholine rings is 1. The molecule has 0 saturated carbocycles. The standard InChI is InChI=1S/C39H44N6O6/c1-22-19-50-20-23(2)45(22)37(48)25-7-8-34(41-17-25)42-31-13-27(18-43(6)38(31)49)28-9-11-40-35(30(28)21-51-24(3)46)29-10-12-44-32(36(29)47)14-26-15-39(4,5)16-33(26)44/h7-9,11,13-14,17-18,22-23,29H,10,12,15-16,19-21H2,1-6H3,(H,41,42)/t22-,23+,29?. The summed E-state index contributed by atoms with van der Waals surface area (Å²) in [4.78, 5) is 63.8. The van der Waals surface area contributed by atoms with Crippen molar-refractivity contribution in [2.75, 3.05) is 18.5 Å². The Kier molecular flexibility index (Phi) is 8.91. The summed E-state index contributed by atoms with van der Waals surface area (Å²) in [5.41, 5.74) is 6.37. The summed E-state index contributed by atoms with van der Waals surface area (Å²) >= 11 is 0. The van der Waals surface area contributed by atoms with E-state index in [-0.39, 0.29) is 47.0 Å². The summed E-state index contributed by atoms with van der Waals surface area (Å²) < 4.78 is 14.8. The van der Waals surface area contributed by atoms with Crippen LogP contribution in [0.2, 0.25) is 0 Å². The molecule has 2 aliphatic heterocycles. The molecule has 4 aromatic rings. The van der Waals surface area contributed by atoms with Crippen LogP contribution in [-0.4, -0.2) is 67.0 Å². The van der Waals surface area contributed by atoms with E-state index in [1.54, 1.807) is 37.6 Å². The number of hydrogen-bond donors (Lipinski definition) is 1. The number of aromatic nitrogens is 4. The maximum Gasteiger partial charge on any atom is 0.302 e. The van der Waals surface area contributed by atoms with Crippen LogP contribution in [0.15, 0.2) is 53.7 Å². The number of pyridine rings is 3. The SMILES string of the molecule is CC(=O)OCc1c(-c2cc(Nc3ccc(C(=O)N4[C@H](C)COC[C@@H]4C)cn3)c(=O)n(C)c2)ccnc1C1CCn2c(cc3c2CC(C)(C)C3)C1=O. The first-order chi connectivity index (χ1) is 24.3. The zero-order chi connectivity index (χ0) is 36.2. The summed E-state index contributed by atoms with van der Waals surface area (Å²) in [6.07, 6.45) is 7.35. The Bertz CT molecular complexity index is 2090. The highest BCUT2D eigenvalue weighted by molar-refractivity contribution is 6.01. The molecule has 1 fully saturated rings. The Balaban J connectivity index is 1.20.